The van der Waals surface area contributed by atoms with E-state index in [0.717, 1.165) is 12.8 Å². The highest BCUT2D eigenvalue weighted by Crippen LogP contribution is 2.66. The number of hydrogen-bond acceptors (Lipinski definition) is 8. The molecule has 3 aliphatic heterocycles. The molecule has 0 aromatic heterocycles. The molecule has 8 heteroatoms. The smallest absolute Gasteiger partial charge is 0.312 e. The van der Waals surface area contributed by atoms with Crippen LogP contribution < -0.4 is 0 Å². The normalized spacial score (nSPS) is 53.4. The maximum Gasteiger partial charge on any atom is 0.312 e. The zero-order chi connectivity index (χ0) is 20.8. The molecule has 1 N–H and O–H groups in total. The Balaban J connectivity index is 1.65. The van der Waals surface area contributed by atoms with E-state index in [4.69, 9.17) is 18.9 Å². The zero-order valence-corrected chi connectivity index (χ0v) is 17.1. The highest BCUT2D eigenvalue weighted by molar-refractivity contribution is 5.99. The first-order valence-electron chi connectivity index (χ1n) is 10.5. The molecule has 0 bridgehead atoms. The van der Waals surface area contributed by atoms with Crippen LogP contribution in [-0.4, -0.2) is 58.6 Å². The molecule has 0 aromatic carbocycles. The van der Waals surface area contributed by atoms with E-state index in [1.807, 2.05) is 6.92 Å². The summed E-state index contributed by atoms with van der Waals surface area (Å²) in [6, 6.07) is 0. The maximum absolute atomic E-state index is 13.7. The predicted octanol–water partition coefficient (Wildman–Crippen LogP) is 1.27. The second-order valence-electron chi connectivity index (χ2n) is 9.90. The monoisotopic (exact) mass is 408 g/mol. The van der Waals surface area contributed by atoms with Crippen LogP contribution in [0.15, 0.2) is 0 Å². The van der Waals surface area contributed by atoms with E-state index in [-0.39, 0.29) is 24.4 Å². The van der Waals surface area contributed by atoms with Crippen molar-refractivity contribution in [3.05, 3.63) is 0 Å². The lowest BCUT2D eigenvalue weighted by Gasteiger charge is -2.58. The Kier molecular flexibility index (Phi) is 3.89. The minimum Gasteiger partial charge on any atom is -0.453 e. The molecule has 5 fully saturated rings. The number of aliphatic hydroxyl groups is 1. The number of rotatable bonds is 1. The lowest BCUT2D eigenvalue weighted by molar-refractivity contribution is -0.260. The number of carbonyl (C=O) groups is 3. The highest BCUT2D eigenvalue weighted by Gasteiger charge is 2.78. The molecule has 2 aliphatic carbocycles. The van der Waals surface area contributed by atoms with Crippen molar-refractivity contribution in [3.8, 4) is 0 Å². The summed E-state index contributed by atoms with van der Waals surface area (Å²) < 4.78 is 23.4. The average molecular weight is 408 g/mol. The Morgan fingerprint density at radius 3 is 2.62 bits per heavy atom. The van der Waals surface area contributed by atoms with Crippen molar-refractivity contribution >= 4 is 17.7 Å². The third-order valence-corrected chi connectivity index (χ3v) is 8.33. The van der Waals surface area contributed by atoms with Gasteiger partial charge >= 0.3 is 11.9 Å². The summed E-state index contributed by atoms with van der Waals surface area (Å²) >= 11 is 0. The van der Waals surface area contributed by atoms with Crippen LogP contribution in [-0.2, 0) is 33.3 Å². The fraction of sp³-hybridized carbons (Fsp3) is 0.857. The largest absolute Gasteiger partial charge is 0.453 e. The second-order valence-corrected chi connectivity index (χ2v) is 9.90. The fourth-order valence-electron chi connectivity index (χ4n) is 7.01. The molecule has 2 spiro atoms. The van der Waals surface area contributed by atoms with E-state index < -0.39 is 46.4 Å². The number of hydrogen-bond donors (Lipinski definition) is 1. The van der Waals surface area contributed by atoms with Gasteiger partial charge in [-0.3, -0.25) is 14.4 Å². The van der Waals surface area contributed by atoms with Gasteiger partial charge in [-0.05, 0) is 39.5 Å². The number of esters is 2. The van der Waals surface area contributed by atoms with Crippen molar-refractivity contribution in [1.82, 2.24) is 0 Å². The van der Waals surface area contributed by atoms with E-state index in [9.17, 15) is 19.5 Å². The van der Waals surface area contributed by atoms with Gasteiger partial charge in [0, 0.05) is 25.2 Å². The summed E-state index contributed by atoms with van der Waals surface area (Å²) in [6.07, 6.45) is 1.81. The standard InChI is InChI=1S/C21H28O8/c1-11(22)28-19(3)16(24)15-14-12(5-4-6-18(14,2)17(25)27-15)21(19)8-7-20(29-21)9-13(23)26-10-20/h12-15,23H,4-10H2,1-3H3/t12-,13-,14-,15-,18-,19-,20-,21+/m0/s1. The van der Waals surface area contributed by atoms with Gasteiger partial charge in [0.2, 0.25) is 5.78 Å². The lowest BCUT2D eigenvalue weighted by Crippen LogP contribution is -2.73. The molecule has 0 radical (unpaired) electrons. The summed E-state index contributed by atoms with van der Waals surface area (Å²) in [6.45, 7) is 5.00. The zero-order valence-electron chi connectivity index (χ0n) is 17.1. The Morgan fingerprint density at radius 2 is 1.97 bits per heavy atom. The molecular formula is C21H28O8. The van der Waals surface area contributed by atoms with E-state index in [0.29, 0.717) is 25.7 Å². The molecule has 0 unspecified atom stereocenters. The maximum atomic E-state index is 13.7. The molecule has 29 heavy (non-hydrogen) atoms. The van der Waals surface area contributed by atoms with E-state index >= 15 is 0 Å². The van der Waals surface area contributed by atoms with Crippen molar-refractivity contribution in [2.24, 2.45) is 17.3 Å². The third-order valence-electron chi connectivity index (χ3n) is 8.33. The van der Waals surface area contributed by atoms with Gasteiger partial charge in [-0.25, -0.2) is 0 Å². The van der Waals surface area contributed by atoms with Gasteiger partial charge < -0.3 is 24.1 Å². The van der Waals surface area contributed by atoms with Gasteiger partial charge in [0.15, 0.2) is 18.0 Å². The van der Waals surface area contributed by atoms with E-state index in [1.54, 1.807) is 6.92 Å². The van der Waals surface area contributed by atoms with Crippen LogP contribution in [0.4, 0.5) is 0 Å². The molecule has 0 aromatic rings. The number of ether oxygens (including phenoxy) is 4. The molecule has 8 atom stereocenters. The van der Waals surface area contributed by atoms with Crippen molar-refractivity contribution in [2.45, 2.75) is 88.5 Å². The summed E-state index contributed by atoms with van der Waals surface area (Å²) in [4.78, 5) is 38.5. The van der Waals surface area contributed by atoms with Crippen LogP contribution in [0.25, 0.3) is 0 Å². The van der Waals surface area contributed by atoms with Gasteiger partial charge in [-0.2, -0.15) is 0 Å². The van der Waals surface area contributed by atoms with Gasteiger partial charge in [-0.15, -0.1) is 0 Å². The first-order valence-corrected chi connectivity index (χ1v) is 10.5. The first kappa shape index (κ1) is 19.5. The highest BCUT2D eigenvalue weighted by atomic mass is 16.7. The number of carbonyl (C=O) groups excluding carboxylic acids is 3. The summed E-state index contributed by atoms with van der Waals surface area (Å²) in [5.41, 5.74) is -4.09. The minimum absolute atomic E-state index is 0.170. The topological polar surface area (TPSA) is 108 Å². The van der Waals surface area contributed by atoms with Crippen molar-refractivity contribution < 1.29 is 38.4 Å². The Hall–Kier alpha value is -1.51. The van der Waals surface area contributed by atoms with Crippen molar-refractivity contribution in [1.29, 1.82) is 0 Å². The predicted molar refractivity (Wildman–Crippen MR) is 96.4 cm³/mol. The summed E-state index contributed by atoms with van der Waals surface area (Å²) in [5.74, 6) is -1.79. The van der Waals surface area contributed by atoms with Gasteiger partial charge in [0.1, 0.15) is 5.60 Å². The van der Waals surface area contributed by atoms with E-state index in [2.05, 4.69) is 0 Å². The van der Waals surface area contributed by atoms with Crippen LogP contribution in [0.3, 0.4) is 0 Å². The second kappa shape index (κ2) is 5.80. The Labute approximate surface area is 169 Å². The third kappa shape index (κ3) is 2.28. The van der Waals surface area contributed by atoms with Gasteiger partial charge in [-0.1, -0.05) is 6.42 Å². The Morgan fingerprint density at radius 1 is 1.21 bits per heavy atom. The molecule has 5 rings (SSSR count). The van der Waals surface area contributed by atoms with Crippen LogP contribution >= 0.6 is 0 Å². The molecule has 160 valence electrons. The molecule has 2 saturated carbocycles. The molecule has 3 saturated heterocycles. The van der Waals surface area contributed by atoms with Crippen LogP contribution in [0.2, 0.25) is 0 Å². The SMILES string of the molecule is CC(=O)O[C@@]1(C)C(=O)[C@H]2OC(=O)[C@@]3(C)CCC[C@@H]([C@@H]23)[C@]12CC[C@]1(CO[C@H](O)C1)O2. The summed E-state index contributed by atoms with van der Waals surface area (Å²) in [7, 11) is 0. The molecule has 0 amide bonds. The van der Waals surface area contributed by atoms with Crippen molar-refractivity contribution in [3.63, 3.8) is 0 Å². The summed E-state index contributed by atoms with van der Waals surface area (Å²) in [5, 5.41) is 9.95. The molecule has 5 aliphatic rings. The van der Waals surface area contributed by atoms with Gasteiger partial charge in [0.25, 0.3) is 0 Å². The first-order chi connectivity index (χ1) is 13.6. The van der Waals surface area contributed by atoms with Crippen LogP contribution in [0.1, 0.15) is 59.3 Å². The van der Waals surface area contributed by atoms with Crippen LogP contribution in [0.5, 0.6) is 0 Å². The lowest BCUT2D eigenvalue weighted by atomic mass is 9.49. The average Bonchev–Trinajstić information content (AvgIpc) is 3.28. The van der Waals surface area contributed by atoms with E-state index in [1.165, 1.54) is 6.92 Å². The minimum atomic E-state index is -1.56. The number of fused-ring (bicyclic) bond motifs is 1. The Bertz CT molecular complexity index is 796. The number of aliphatic hydroxyl groups excluding tert-OH is 1. The quantitative estimate of drug-likeness (QED) is 0.646. The van der Waals surface area contributed by atoms with Gasteiger partial charge in [0.05, 0.1) is 17.6 Å². The van der Waals surface area contributed by atoms with Crippen molar-refractivity contribution in [2.75, 3.05) is 6.61 Å². The molecular weight excluding hydrogens is 380 g/mol. The van der Waals surface area contributed by atoms with Crippen LogP contribution in [0, 0.1) is 17.3 Å². The molecule has 8 nitrogen and oxygen atoms in total. The number of ketones is 1. The number of Topliss-reactive ketones (excluding diaryl/α,β-unsaturated/α-hetero) is 1. The molecule has 3 heterocycles. The fourth-order valence-corrected chi connectivity index (χ4v) is 7.01.